The van der Waals surface area contributed by atoms with Crippen LogP contribution in [0.5, 0.6) is 0 Å². The van der Waals surface area contributed by atoms with E-state index in [0.29, 0.717) is 12.3 Å². The number of carbonyl (C=O) groups is 1. The van der Waals surface area contributed by atoms with Crippen molar-refractivity contribution in [3.63, 3.8) is 0 Å². The van der Waals surface area contributed by atoms with Crippen LogP contribution in [0.2, 0.25) is 0 Å². The molecule has 1 spiro atoms. The maximum Gasteiger partial charge on any atom is 0.251 e. The Balaban J connectivity index is 1.87. The van der Waals surface area contributed by atoms with Gasteiger partial charge in [-0.2, -0.15) is 5.06 Å². The van der Waals surface area contributed by atoms with Crippen LogP contribution in [0.1, 0.15) is 46.5 Å². The van der Waals surface area contributed by atoms with Crippen molar-refractivity contribution in [2.45, 2.75) is 64.1 Å². The fraction of sp³-hybridized carbons (Fsp3) is 0.933. The van der Waals surface area contributed by atoms with Gasteiger partial charge in [-0.25, -0.2) is 9.78 Å². The van der Waals surface area contributed by atoms with Crippen molar-refractivity contribution in [2.24, 2.45) is 23.7 Å². The standard InChI is InChI=1S/C15H23NO5/c1-8-4-5-11-9(2)12(17)16(18)13-15(11)10(8)6-7-14(3,19-13)20-21-15/h8-11,13,18H,4-7H2,1-3H3/t8-,9-,10+,11+,13-,14+,15+/m1/s1. The van der Waals surface area contributed by atoms with E-state index in [1.165, 1.54) is 0 Å². The van der Waals surface area contributed by atoms with Crippen molar-refractivity contribution in [1.82, 2.24) is 5.06 Å². The zero-order chi connectivity index (χ0) is 15.0. The van der Waals surface area contributed by atoms with Gasteiger partial charge in [0.05, 0.1) is 0 Å². The number of ether oxygens (including phenoxy) is 1. The van der Waals surface area contributed by atoms with Gasteiger partial charge in [-0.3, -0.25) is 10.0 Å². The molecule has 0 radical (unpaired) electrons. The molecule has 7 atom stereocenters. The Morgan fingerprint density at radius 1 is 1.19 bits per heavy atom. The molecule has 1 amide bonds. The second-order valence-electron chi connectivity index (χ2n) is 7.40. The molecular weight excluding hydrogens is 274 g/mol. The summed E-state index contributed by atoms with van der Waals surface area (Å²) in [6, 6.07) is 0. The van der Waals surface area contributed by atoms with Gasteiger partial charge >= 0.3 is 0 Å². The van der Waals surface area contributed by atoms with Crippen molar-refractivity contribution in [3.8, 4) is 0 Å². The Morgan fingerprint density at radius 2 is 1.95 bits per heavy atom. The fourth-order valence-corrected chi connectivity index (χ4v) is 5.03. The highest BCUT2D eigenvalue weighted by atomic mass is 17.3. The summed E-state index contributed by atoms with van der Waals surface area (Å²) in [6.45, 7) is 5.91. The third-order valence-electron chi connectivity index (χ3n) is 6.24. The van der Waals surface area contributed by atoms with Crippen molar-refractivity contribution < 1.29 is 24.5 Å². The average Bonchev–Trinajstić information content (AvgIpc) is 2.69. The number of amides is 1. The van der Waals surface area contributed by atoms with E-state index < -0.39 is 17.6 Å². The van der Waals surface area contributed by atoms with E-state index in [2.05, 4.69) is 6.92 Å². The third-order valence-corrected chi connectivity index (χ3v) is 6.24. The van der Waals surface area contributed by atoms with Gasteiger partial charge < -0.3 is 4.74 Å². The predicted octanol–water partition coefficient (Wildman–Crippen LogP) is 2.07. The zero-order valence-electron chi connectivity index (χ0n) is 12.7. The summed E-state index contributed by atoms with van der Waals surface area (Å²) in [5, 5.41) is 11.1. The van der Waals surface area contributed by atoms with Crippen LogP contribution in [0.4, 0.5) is 0 Å². The topological polar surface area (TPSA) is 68.2 Å². The highest BCUT2D eigenvalue weighted by Crippen LogP contribution is 2.59. The smallest absolute Gasteiger partial charge is 0.251 e. The normalized spacial score (nSPS) is 56.1. The van der Waals surface area contributed by atoms with Gasteiger partial charge in [-0.1, -0.05) is 13.8 Å². The Labute approximate surface area is 124 Å². The summed E-state index contributed by atoms with van der Waals surface area (Å²) in [5.41, 5.74) is -0.740. The number of carbonyl (C=O) groups excluding carboxylic acids is 1. The second kappa shape index (κ2) is 4.19. The number of hydrogen-bond donors (Lipinski definition) is 1. The molecule has 4 heterocycles. The molecular formula is C15H23NO5. The van der Waals surface area contributed by atoms with Gasteiger partial charge in [-0.15, -0.1) is 0 Å². The van der Waals surface area contributed by atoms with Gasteiger partial charge in [0.2, 0.25) is 5.79 Å². The highest BCUT2D eigenvalue weighted by Gasteiger charge is 2.70. The average molecular weight is 297 g/mol. The van der Waals surface area contributed by atoms with Gasteiger partial charge in [0.15, 0.2) is 11.8 Å². The lowest BCUT2D eigenvalue weighted by Crippen LogP contribution is -2.74. The Morgan fingerprint density at radius 3 is 2.71 bits per heavy atom. The van der Waals surface area contributed by atoms with Crippen LogP contribution in [0, 0.1) is 23.7 Å². The molecule has 1 N–H and O–H groups in total. The minimum Gasteiger partial charge on any atom is -0.318 e. The van der Waals surface area contributed by atoms with Crippen LogP contribution >= 0.6 is 0 Å². The molecule has 0 aromatic rings. The van der Waals surface area contributed by atoms with Crippen LogP contribution in [0.15, 0.2) is 0 Å². The van der Waals surface area contributed by atoms with Crippen molar-refractivity contribution in [2.75, 3.05) is 0 Å². The predicted molar refractivity (Wildman–Crippen MR) is 70.6 cm³/mol. The van der Waals surface area contributed by atoms with Gasteiger partial charge in [0, 0.05) is 18.3 Å². The van der Waals surface area contributed by atoms with E-state index in [1.54, 1.807) is 0 Å². The molecule has 0 aromatic heterocycles. The number of rotatable bonds is 0. The van der Waals surface area contributed by atoms with E-state index >= 15 is 0 Å². The molecule has 5 aliphatic rings. The van der Waals surface area contributed by atoms with E-state index in [0.717, 1.165) is 24.3 Å². The summed E-state index contributed by atoms with van der Waals surface area (Å²) < 4.78 is 6.02. The second-order valence-corrected chi connectivity index (χ2v) is 7.40. The minimum absolute atomic E-state index is 0.0299. The van der Waals surface area contributed by atoms with E-state index in [1.807, 2.05) is 13.8 Å². The van der Waals surface area contributed by atoms with Crippen LogP contribution in [-0.2, 0) is 19.3 Å². The number of fused-ring (bicyclic) bond motifs is 2. The van der Waals surface area contributed by atoms with Gasteiger partial charge in [-0.05, 0) is 38.0 Å². The SMILES string of the molecule is C[C@@H]1CC[C@H]2[C@@H](C)C(=O)N(O)[C@@H]3O[C@]4(C)CC[C@@H]1[C@]23OO4. The number of hydroxylamine groups is 2. The van der Waals surface area contributed by atoms with Crippen LogP contribution < -0.4 is 0 Å². The van der Waals surface area contributed by atoms with Crippen molar-refractivity contribution >= 4 is 5.91 Å². The molecule has 0 aromatic carbocycles. The van der Waals surface area contributed by atoms with E-state index in [9.17, 15) is 10.0 Å². The number of piperidine rings is 1. The molecule has 6 nitrogen and oxygen atoms in total. The van der Waals surface area contributed by atoms with E-state index in [-0.39, 0.29) is 23.7 Å². The van der Waals surface area contributed by atoms with Crippen LogP contribution in [0.3, 0.4) is 0 Å². The first-order chi connectivity index (χ1) is 9.89. The quantitative estimate of drug-likeness (QED) is 0.547. The molecule has 6 heteroatoms. The van der Waals surface area contributed by atoms with Gasteiger partial charge in [0.25, 0.3) is 5.91 Å². The summed E-state index contributed by atoms with van der Waals surface area (Å²) >= 11 is 0. The first-order valence-corrected chi connectivity index (χ1v) is 7.96. The summed E-state index contributed by atoms with van der Waals surface area (Å²) in [5.74, 6) is -0.720. The lowest BCUT2D eigenvalue weighted by molar-refractivity contribution is -0.558. The molecule has 0 unspecified atom stereocenters. The molecule has 4 aliphatic heterocycles. The first-order valence-electron chi connectivity index (χ1n) is 7.96. The minimum atomic E-state index is -0.890. The fourth-order valence-electron chi connectivity index (χ4n) is 5.03. The molecule has 5 fully saturated rings. The maximum absolute atomic E-state index is 12.4. The Kier molecular flexibility index (Phi) is 2.78. The molecule has 1 aliphatic carbocycles. The van der Waals surface area contributed by atoms with Crippen molar-refractivity contribution in [1.29, 1.82) is 0 Å². The lowest BCUT2D eigenvalue weighted by atomic mass is 9.57. The summed E-state index contributed by atoms with van der Waals surface area (Å²) in [6.07, 6.45) is 2.86. The van der Waals surface area contributed by atoms with Crippen LogP contribution in [0.25, 0.3) is 0 Å². The van der Waals surface area contributed by atoms with Crippen molar-refractivity contribution in [3.05, 3.63) is 0 Å². The Bertz CT molecular complexity index is 485. The lowest BCUT2D eigenvalue weighted by Gasteiger charge is -2.60. The molecule has 21 heavy (non-hydrogen) atoms. The molecule has 2 bridgehead atoms. The first kappa shape index (κ1) is 13.9. The van der Waals surface area contributed by atoms with E-state index in [4.69, 9.17) is 14.5 Å². The summed E-state index contributed by atoms with van der Waals surface area (Å²) in [7, 11) is 0. The van der Waals surface area contributed by atoms with Gasteiger partial charge in [0.1, 0.15) is 0 Å². The molecule has 118 valence electrons. The molecule has 4 saturated heterocycles. The monoisotopic (exact) mass is 297 g/mol. The molecule has 5 rings (SSSR count). The molecule has 1 saturated carbocycles. The summed E-state index contributed by atoms with van der Waals surface area (Å²) in [4.78, 5) is 23.9. The number of hydrogen-bond acceptors (Lipinski definition) is 5. The largest absolute Gasteiger partial charge is 0.318 e. The maximum atomic E-state index is 12.4. The third kappa shape index (κ3) is 1.59. The number of nitrogens with zero attached hydrogens (tertiary/aromatic N) is 1. The zero-order valence-corrected chi connectivity index (χ0v) is 12.7. The Hall–Kier alpha value is -0.690. The van der Waals surface area contributed by atoms with Crippen LogP contribution in [-0.4, -0.2) is 33.8 Å². The highest BCUT2D eigenvalue weighted by molar-refractivity contribution is 5.79.